The maximum absolute atomic E-state index is 13.2. The molecule has 5 heteroatoms. The van der Waals surface area contributed by atoms with E-state index in [9.17, 15) is 9.59 Å². The van der Waals surface area contributed by atoms with Crippen LogP contribution in [0, 0.1) is 0 Å². The summed E-state index contributed by atoms with van der Waals surface area (Å²) >= 11 is 7.54. The molecule has 126 valence electrons. The highest BCUT2D eigenvalue weighted by atomic mass is 35.5. The van der Waals surface area contributed by atoms with Gasteiger partial charge in [0.1, 0.15) is 5.41 Å². The number of halogens is 1. The second-order valence-corrected chi connectivity index (χ2v) is 8.03. The van der Waals surface area contributed by atoms with Crippen LogP contribution in [-0.4, -0.2) is 24.0 Å². The zero-order valence-corrected chi connectivity index (χ0v) is 15.2. The van der Waals surface area contributed by atoms with Gasteiger partial charge < -0.3 is 4.90 Å². The second-order valence-electron chi connectivity index (χ2n) is 6.31. The van der Waals surface area contributed by atoms with Crippen LogP contribution in [0.2, 0.25) is 5.02 Å². The third-order valence-electron chi connectivity index (χ3n) is 4.89. The van der Waals surface area contributed by atoms with Crippen molar-refractivity contribution in [2.24, 2.45) is 0 Å². The number of benzene rings is 2. The summed E-state index contributed by atoms with van der Waals surface area (Å²) in [5, 5.41) is 0.477. The van der Waals surface area contributed by atoms with Gasteiger partial charge in [-0.1, -0.05) is 35.9 Å². The number of fused-ring (bicyclic) bond motifs is 2. The lowest BCUT2D eigenvalue weighted by atomic mass is 9.73. The van der Waals surface area contributed by atoms with Crippen molar-refractivity contribution >= 4 is 40.7 Å². The van der Waals surface area contributed by atoms with Gasteiger partial charge in [0.05, 0.1) is 0 Å². The predicted octanol–water partition coefficient (Wildman–Crippen LogP) is 4.24. The zero-order valence-electron chi connectivity index (χ0n) is 13.6. The number of para-hydroxylation sites is 1. The predicted molar refractivity (Wildman–Crippen MR) is 101 cm³/mol. The number of anilines is 1. The quantitative estimate of drug-likeness (QED) is 0.794. The molecule has 1 aliphatic heterocycles. The first-order chi connectivity index (χ1) is 12.0. The van der Waals surface area contributed by atoms with Gasteiger partial charge >= 0.3 is 0 Å². The lowest BCUT2D eigenvalue weighted by molar-refractivity contribution is -0.122. The Kier molecular flexibility index (Phi) is 3.97. The summed E-state index contributed by atoms with van der Waals surface area (Å²) < 4.78 is 0. The van der Waals surface area contributed by atoms with E-state index in [1.54, 1.807) is 35.9 Å². The third-order valence-corrected chi connectivity index (χ3v) is 6.51. The van der Waals surface area contributed by atoms with Gasteiger partial charge in [0.2, 0.25) is 5.91 Å². The van der Waals surface area contributed by atoms with Crippen molar-refractivity contribution in [1.29, 1.82) is 0 Å². The molecule has 0 saturated heterocycles. The summed E-state index contributed by atoms with van der Waals surface area (Å²) in [7, 11) is 1.80. The van der Waals surface area contributed by atoms with E-state index in [0.29, 0.717) is 11.4 Å². The van der Waals surface area contributed by atoms with Crippen LogP contribution < -0.4 is 4.90 Å². The molecule has 1 aliphatic carbocycles. The van der Waals surface area contributed by atoms with Gasteiger partial charge in [-0.2, -0.15) is 0 Å². The summed E-state index contributed by atoms with van der Waals surface area (Å²) in [6, 6.07) is 15.3. The summed E-state index contributed by atoms with van der Waals surface area (Å²) in [6.07, 6.45) is 3.70. The Labute approximate surface area is 155 Å². The van der Waals surface area contributed by atoms with Crippen LogP contribution in [0.15, 0.2) is 65.6 Å². The molecule has 1 amide bonds. The van der Waals surface area contributed by atoms with E-state index in [1.807, 2.05) is 48.5 Å². The van der Waals surface area contributed by atoms with E-state index >= 15 is 0 Å². The van der Waals surface area contributed by atoms with E-state index in [-0.39, 0.29) is 16.9 Å². The van der Waals surface area contributed by atoms with Gasteiger partial charge in [-0.3, -0.25) is 9.59 Å². The average molecular weight is 370 g/mol. The first kappa shape index (κ1) is 16.4. The molecular weight excluding hydrogens is 354 g/mol. The van der Waals surface area contributed by atoms with Crippen LogP contribution in [0.1, 0.15) is 12.0 Å². The molecule has 0 bridgehead atoms. The fourth-order valence-corrected chi connectivity index (χ4v) is 5.13. The number of nitrogens with zero attached hydrogens (tertiary/aromatic N) is 1. The number of hydrogen-bond donors (Lipinski definition) is 0. The van der Waals surface area contributed by atoms with E-state index < -0.39 is 5.41 Å². The van der Waals surface area contributed by atoms with Gasteiger partial charge in [0, 0.05) is 34.3 Å². The fraction of sp³-hybridized carbons (Fsp3) is 0.200. The highest BCUT2D eigenvalue weighted by molar-refractivity contribution is 8.00. The summed E-state index contributed by atoms with van der Waals surface area (Å²) in [4.78, 5) is 28.0. The third kappa shape index (κ3) is 2.52. The molecule has 0 aromatic heterocycles. The van der Waals surface area contributed by atoms with Crippen LogP contribution in [0.25, 0.3) is 0 Å². The minimum Gasteiger partial charge on any atom is -0.314 e. The maximum atomic E-state index is 13.2. The second kappa shape index (κ2) is 6.04. The molecule has 4 rings (SSSR count). The number of amides is 1. The van der Waals surface area contributed by atoms with Crippen molar-refractivity contribution in [3.8, 4) is 0 Å². The normalized spacial score (nSPS) is 24.9. The topological polar surface area (TPSA) is 37.4 Å². The van der Waals surface area contributed by atoms with Crippen molar-refractivity contribution in [2.45, 2.75) is 22.0 Å². The number of hydrogen-bond acceptors (Lipinski definition) is 3. The van der Waals surface area contributed by atoms with Gasteiger partial charge in [-0.15, -0.1) is 11.8 Å². The van der Waals surface area contributed by atoms with Gasteiger partial charge in [0.25, 0.3) is 0 Å². The molecule has 2 atom stereocenters. The van der Waals surface area contributed by atoms with Crippen LogP contribution in [0.5, 0.6) is 0 Å². The van der Waals surface area contributed by atoms with Crippen molar-refractivity contribution in [1.82, 2.24) is 0 Å². The van der Waals surface area contributed by atoms with Gasteiger partial charge in [0.15, 0.2) is 5.78 Å². The maximum Gasteiger partial charge on any atom is 0.242 e. The Morgan fingerprint density at radius 1 is 1.12 bits per heavy atom. The Morgan fingerprint density at radius 2 is 1.84 bits per heavy atom. The van der Waals surface area contributed by atoms with E-state index in [2.05, 4.69) is 0 Å². The smallest absolute Gasteiger partial charge is 0.242 e. The molecule has 0 radical (unpaired) electrons. The van der Waals surface area contributed by atoms with Gasteiger partial charge in [-0.05, 0) is 42.0 Å². The largest absolute Gasteiger partial charge is 0.314 e. The Balaban J connectivity index is 1.83. The standard InChI is InChI=1S/C20H16ClNO2S/c1-22-17-5-3-2-4-16(17)20(19(22)24)11-10-14(23)12-18(20)25-15-8-6-13(21)7-9-15/h2-11,18H,12H2,1H3. The number of carbonyl (C=O) groups excluding carboxylic acids is 2. The summed E-state index contributed by atoms with van der Waals surface area (Å²) in [6.45, 7) is 0. The Hall–Kier alpha value is -2.04. The monoisotopic (exact) mass is 369 g/mol. The SMILES string of the molecule is CN1C(=O)C2(C=CC(=O)CC2Sc2ccc(Cl)cc2)c2ccccc21. The van der Waals surface area contributed by atoms with Crippen molar-refractivity contribution in [2.75, 3.05) is 11.9 Å². The van der Waals surface area contributed by atoms with Crippen molar-refractivity contribution in [3.05, 3.63) is 71.3 Å². The zero-order chi connectivity index (χ0) is 17.6. The number of allylic oxidation sites excluding steroid dienone is 1. The molecule has 1 spiro atoms. The highest BCUT2D eigenvalue weighted by Gasteiger charge is 2.55. The Morgan fingerprint density at radius 3 is 2.60 bits per heavy atom. The fourth-order valence-electron chi connectivity index (χ4n) is 3.65. The highest BCUT2D eigenvalue weighted by Crippen LogP contribution is 2.51. The molecule has 25 heavy (non-hydrogen) atoms. The number of rotatable bonds is 2. The molecule has 0 N–H and O–H groups in total. The number of carbonyl (C=O) groups is 2. The number of thioether (sulfide) groups is 1. The van der Waals surface area contributed by atoms with E-state index in [0.717, 1.165) is 16.1 Å². The van der Waals surface area contributed by atoms with Crippen LogP contribution in [-0.2, 0) is 15.0 Å². The minimum atomic E-state index is -0.802. The molecular formula is C20H16ClNO2S. The van der Waals surface area contributed by atoms with Crippen molar-refractivity contribution in [3.63, 3.8) is 0 Å². The summed E-state index contributed by atoms with van der Waals surface area (Å²) in [5.74, 6) is 0.0702. The number of likely N-dealkylation sites (N-methyl/N-ethyl adjacent to an activating group) is 1. The molecule has 3 nitrogen and oxygen atoms in total. The molecule has 2 aliphatic rings. The van der Waals surface area contributed by atoms with Crippen LogP contribution >= 0.6 is 23.4 Å². The molecule has 2 aromatic carbocycles. The molecule has 0 saturated carbocycles. The van der Waals surface area contributed by atoms with Gasteiger partial charge in [-0.25, -0.2) is 0 Å². The summed E-state index contributed by atoms with van der Waals surface area (Å²) in [5.41, 5.74) is 1.08. The van der Waals surface area contributed by atoms with Crippen molar-refractivity contribution < 1.29 is 9.59 Å². The molecule has 0 fully saturated rings. The lowest BCUT2D eigenvalue weighted by Crippen LogP contribution is -2.47. The minimum absolute atomic E-state index is 0.0175. The first-order valence-electron chi connectivity index (χ1n) is 8.04. The molecule has 2 aromatic rings. The first-order valence-corrected chi connectivity index (χ1v) is 9.30. The van der Waals surface area contributed by atoms with Crippen LogP contribution in [0.4, 0.5) is 5.69 Å². The van der Waals surface area contributed by atoms with Crippen LogP contribution in [0.3, 0.4) is 0 Å². The van der Waals surface area contributed by atoms with E-state index in [4.69, 9.17) is 11.6 Å². The molecule has 2 unspecified atom stereocenters. The molecule has 1 heterocycles. The number of ketones is 1. The van der Waals surface area contributed by atoms with E-state index in [1.165, 1.54) is 0 Å². The average Bonchev–Trinajstić information content (AvgIpc) is 2.83. The Bertz CT molecular complexity index is 893. The lowest BCUT2D eigenvalue weighted by Gasteiger charge is -2.35.